The van der Waals surface area contributed by atoms with Gasteiger partial charge in [-0.1, -0.05) is 17.7 Å². The molecule has 86 valence electrons. The molecule has 0 aliphatic rings. The average Bonchev–Trinajstić information content (AvgIpc) is 2.29. The van der Waals surface area contributed by atoms with E-state index in [9.17, 15) is 4.79 Å². The number of hydrogen-bond donors (Lipinski definition) is 1. The van der Waals surface area contributed by atoms with E-state index in [4.69, 9.17) is 22.1 Å². The van der Waals surface area contributed by atoms with E-state index in [1.54, 1.807) is 18.2 Å². The Labute approximate surface area is 102 Å². The van der Waals surface area contributed by atoms with Crippen LogP contribution in [0.3, 0.4) is 0 Å². The Morgan fingerprint density at radius 3 is 2.88 bits per heavy atom. The van der Waals surface area contributed by atoms with Crippen LogP contribution in [0.5, 0.6) is 5.75 Å². The SMILES string of the molecule is Nc1cncc(C(=O)Oc2cccc(Cl)c2)n1. The second kappa shape index (κ2) is 4.80. The Bertz CT molecular complexity index is 560. The van der Waals surface area contributed by atoms with Crippen LogP contribution >= 0.6 is 11.6 Å². The number of anilines is 1. The molecule has 0 aliphatic heterocycles. The first-order valence-corrected chi connectivity index (χ1v) is 5.08. The van der Waals surface area contributed by atoms with Gasteiger partial charge in [-0.05, 0) is 18.2 Å². The molecule has 2 rings (SSSR count). The molecule has 1 aromatic carbocycles. The first kappa shape index (κ1) is 11.3. The maximum Gasteiger partial charge on any atom is 0.364 e. The van der Waals surface area contributed by atoms with Gasteiger partial charge in [-0.3, -0.25) is 4.98 Å². The highest BCUT2D eigenvalue weighted by Crippen LogP contribution is 2.18. The van der Waals surface area contributed by atoms with Gasteiger partial charge < -0.3 is 10.5 Å². The number of nitrogens with zero attached hydrogens (tertiary/aromatic N) is 2. The standard InChI is InChI=1S/C11H8ClN3O2/c12-7-2-1-3-8(4-7)17-11(16)9-5-14-6-10(13)15-9/h1-6H,(H2,13,15). The highest BCUT2D eigenvalue weighted by atomic mass is 35.5. The summed E-state index contributed by atoms with van der Waals surface area (Å²) in [5.74, 6) is -0.135. The molecule has 0 saturated heterocycles. The highest BCUT2D eigenvalue weighted by molar-refractivity contribution is 6.30. The zero-order chi connectivity index (χ0) is 12.3. The predicted octanol–water partition coefficient (Wildman–Crippen LogP) is 1.93. The van der Waals surface area contributed by atoms with Crippen LogP contribution in [0.1, 0.15) is 10.5 Å². The fraction of sp³-hybridized carbons (Fsp3) is 0. The van der Waals surface area contributed by atoms with Crippen molar-refractivity contribution in [2.45, 2.75) is 0 Å². The molecule has 0 spiro atoms. The predicted molar refractivity (Wildman–Crippen MR) is 62.9 cm³/mol. The van der Waals surface area contributed by atoms with Gasteiger partial charge in [-0.25, -0.2) is 9.78 Å². The second-order valence-electron chi connectivity index (χ2n) is 3.18. The Kier molecular flexibility index (Phi) is 3.20. The number of carbonyl (C=O) groups is 1. The molecule has 1 aromatic heterocycles. The van der Waals surface area contributed by atoms with Crippen molar-refractivity contribution >= 4 is 23.4 Å². The summed E-state index contributed by atoms with van der Waals surface area (Å²) in [6.45, 7) is 0. The Morgan fingerprint density at radius 1 is 1.35 bits per heavy atom. The van der Waals surface area contributed by atoms with Gasteiger partial charge in [0.2, 0.25) is 0 Å². The number of hydrogen-bond acceptors (Lipinski definition) is 5. The van der Waals surface area contributed by atoms with Gasteiger partial charge in [0.15, 0.2) is 5.69 Å². The van der Waals surface area contributed by atoms with Gasteiger partial charge >= 0.3 is 5.97 Å². The van der Waals surface area contributed by atoms with Crippen LogP contribution in [0.25, 0.3) is 0 Å². The van der Waals surface area contributed by atoms with E-state index in [0.717, 1.165) is 0 Å². The summed E-state index contributed by atoms with van der Waals surface area (Å²) in [6.07, 6.45) is 2.62. The van der Waals surface area contributed by atoms with Crippen molar-refractivity contribution in [2.75, 3.05) is 5.73 Å². The summed E-state index contributed by atoms with van der Waals surface area (Å²) in [5.41, 5.74) is 5.46. The number of halogens is 1. The molecular formula is C11H8ClN3O2. The fourth-order valence-electron chi connectivity index (χ4n) is 1.17. The molecule has 0 unspecified atom stereocenters. The van der Waals surface area contributed by atoms with Crippen LogP contribution in [0.2, 0.25) is 5.02 Å². The van der Waals surface area contributed by atoms with Gasteiger partial charge in [0, 0.05) is 5.02 Å². The molecule has 0 fully saturated rings. The summed E-state index contributed by atoms with van der Waals surface area (Å²) < 4.78 is 5.05. The largest absolute Gasteiger partial charge is 0.422 e. The van der Waals surface area contributed by atoms with Gasteiger partial charge in [0.05, 0.1) is 12.4 Å². The van der Waals surface area contributed by atoms with Crippen molar-refractivity contribution in [3.05, 3.63) is 47.4 Å². The summed E-state index contributed by atoms with van der Waals surface area (Å²) in [7, 11) is 0. The number of nitrogens with two attached hydrogens (primary N) is 1. The number of carbonyl (C=O) groups excluding carboxylic acids is 1. The van der Waals surface area contributed by atoms with Crippen molar-refractivity contribution in [3.63, 3.8) is 0 Å². The lowest BCUT2D eigenvalue weighted by molar-refractivity contribution is 0.0728. The second-order valence-corrected chi connectivity index (χ2v) is 3.61. The first-order chi connectivity index (χ1) is 8.15. The third kappa shape index (κ3) is 2.92. The van der Waals surface area contributed by atoms with Crippen LogP contribution in [-0.4, -0.2) is 15.9 Å². The van der Waals surface area contributed by atoms with Crippen LogP contribution in [0.4, 0.5) is 5.82 Å². The monoisotopic (exact) mass is 249 g/mol. The van der Waals surface area contributed by atoms with E-state index >= 15 is 0 Å². The molecule has 2 N–H and O–H groups in total. The minimum absolute atomic E-state index is 0.0463. The number of esters is 1. The van der Waals surface area contributed by atoms with Gasteiger partial charge in [-0.2, -0.15) is 0 Å². The number of aromatic nitrogens is 2. The Balaban J connectivity index is 2.17. The van der Waals surface area contributed by atoms with E-state index in [2.05, 4.69) is 9.97 Å². The lowest BCUT2D eigenvalue weighted by atomic mass is 10.3. The van der Waals surface area contributed by atoms with Gasteiger partial charge in [0.1, 0.15) is 11.6 Å². The molecule has 17 heavy (non-hydrogen) atoms. The van der Waals surface area contributed by atoms with E-state index in [-0.39, 0.29) is 11.5 Å². The molecule has 0 saturated carbocycles. The smallest absolute Gasteiger partial charge is 0.364 e. The van der Waals surface area contributed by atoms with E-state index in [1.165, 1.54) is 18.5 Å². The maximum atomic E-state index is 11.7. The third-order valence-electron chi connectivity index (χ3n) is 1.87. The van der Waals surface area contributed by atoms with Crippen LogP contribution in [-0.2, 0) is 0 Å². The van der Waals surface area contributed by atoms with E-state index in [0.29, 0.717) is 10.8 Å². The quantitative estimate of drug-likeness (QED) is 0.650. The maximum absolute atomic E-state index is 11.7. The van der Waals surface area contributed by atoms with E-state index in [1.807, 2.05) is 0 Å². The molecule has 2 aromatic rings. The van der Waals surface area contributed by atoms with Crippen molar-refractivity contribution in [1.82, 2.24) is 9.97 Å². The number of rotatable bonds is 2. The zero-order valence-corrected chi connectivity index (χ0v) is 9.39. The molecule has 5 nitrogen and oxygen atoms in total. The number of ether oxygens (including phenoxy) is 1. The fourth-order valence-corrected chi connectivity index (χ4v) is 1.35. The molecule has 0 amide bonds. The number of benzene rings is 1. The van der Waals surface area contributed by atoms with Crippen LogP contribution in [0.15, 0.2) is 36.7 Å². The van der Waals surface area contributed by atoms with E-state index < -0.39 is 5.97 Å². The molecular weight excluding hydrogens is 242 g/mol. The lowest BCUT2D eigenvalue weighted by Crippen LogP contribution is -2.12. The molecule has 1 heterocycles. The first-order valence-electron chi connectivity index (χ1n) is 4.70. The van der Waals surface area contributed by atoms with Crippen molar-refractivity contribution in [2.24, 2.45) is 0 Å². The summed E-state index contributed by atoms with van der Waals surface area (Å²) in [6, 6.07) is 6.50. The molecule has 6 heteroatoms. The highest BCUT2D eigenvalue weighted by Gasteiger charge is 2.11. The topological polar surface area (TPSA) is 78.1 Å². The molecule has 0 atom stereocenters. The summed E-state index contributed by atoms with van der Waals surface area (Å²) in [5, 5.41) is 0.481. The normalized spacial score (nSPS) is 9.94. The van der Waals surface area contributed by atoms with Gasteiger partial charge in [0.25, 0.3) is 0 Å². The minimum Gasteiger partial charge on any atom is -0.422 e. The Morgan fingerprint density at radius 2 is 2.18 bits per heavy atom. The van der Waals surface area contributed by atoms with Crippen LogP contribution < -0.4 is 10.5 Å². The van der Waals surface area contributed by atoms with Crippen LogP contribution in [0, 0.1) is 0 Å². The van der Waals surface area contributed by atoms with Gasteiger partial charge in [-0.15, -0.1) is 0 Å². The average molecular weight is 250 g/mol. The molecule has 0 radical (unpaired) electrons. The van der Waals surface area contributed by atoms with Crippen molar-refractivity contribution in [1.29, 1.82) is 0 Å². The summed E-state index contributed by atoms with van der Waals surface area (Å²) >= 11 is 5.76. The van der Waals surface area contributed by atoms with Crippen molar-refractivity contribution in [3.8, 4) is 5.75 Å². The lowest BCUT2D eigenvalue weighted by Gasteiger charge is -2.03. The molecule has 0 aliphatic carbocycles. The Hall–Kier alpha value is -2.14. The minimum atomic E-state index is -0.632. The molecule has 0 bridgehead atoms. The third-order valence-corrected chi connectivity index (χ3v) is 2.10. The number of nitrogen functional groups attached to an aromatic ring is 1. The zero-order valence-electron chi connectivity index (χ0n) is 8.63. The van der Waals surface area contributed by atoms with Crippen molar-refractivity contribution < 1.29 is 9.53 Å². The summed E-state index contributed by atoms with van der Waals surface area (Å²) in [4.78, 5) is 19.2.